The number of carbonyl (C=O) groups is 1. The third-order valence-corrected chi connectivity index (χ3v) is 11.1. The molecular weight excluding hydrogens is 443 g/mol. The maximum absolute atomic E-state index is 16.5. The topological polar surface area (TPSA) is 89.3 Å². The summed E-state index contributed by atoms with van der Waals surface area (Å²) in [5, 5.41) is 14.6. The molecule has 0 aromatic carbocycles. The smallest absolute Gasteiger partial charge is 0.178 e. The number of ketones is 1. The highest BCUT2D eigenvalue weighted by atomic mass is 32.2. The van der Waals surface area contributed by atoms with Gasteiger partial charge in [-0.05, 0) is 93.8 Å². The molecule has 1 N–H and O–H groups in total. The van der Waals surface area contributed by atoms with Gasteiger partial charge >= 0.3 is 0 Å². The van der Waals surface area contributed by atoms with E-state index in [-0.39, 0.29) is 40.4 Å². The van der Waals surface area contributed by atoms with Crippen molar-refractivity contribution in [2.45, 2.75) is 94.3 Å². The van der Waals surface area contributed by atoms with Crippen LogP contribution in [0.1, 0.15) is 71.6 Å². The van der Waals surface area contributed by atoms with Crippen LogP contribution in [-0.4, -0.2) is 46.6 Å². The van der Waals surface area contributed by atoms with Crippen LogP contribution in [0.2, 0.25) is 0 Å². The van der Waals surface area contributed by atoms with Crippen molar-refractivity contribution in [3.05, 3.63) is 12.4 Å². The molecule has 0 radical (unpaired) electrons. The summed E-state index contributed by atoms with van der Waals surface area (Å²) in [6, 6.07) is 0. The number of fused-ring (bicyclic) bond motifs is 5. The minimum atomic E-state index is -3.35. The van der Waals surface area contributed by atoms with E-state index in [1.807, 2.05) is 6.92 Å². The molecule has 0 aliphatic heterocycles. The molecule has 184 valence electrons. The van der Waals surface area contributed by atoms with E-state index in [2.05, 4.69) is 12.0 Å². The molecule has 33 heavy (non-hydrogen) atoms. The minimum absolute atomic E-state index is 0.0442. The van der Waals surface area contributed by atoms with Crippen molar-refractivity contribution < 1.29 is 22.7 Å². The third kappa shape index (κ3) is 3.79. The molecule has 0 saturated heterocycles. The zero-order valence-corrected chi connectivity index (χ0v) is 20.8. The SMILES string of the molecule is C[C@@]1(O)CC[C@@]2(F)[C@H](CC[C@H]3[C@@H]4CC[C@H](C(=O)Cn5cc(S(C)(=O)=O)cn5)[C@@]4(C)CC[C@@H]32)C1. The largest absolute Gasteiger partial charge is 0.390 e. The van der Waals surface area contributed by atoms with E-state index in [0.717, 1.165) is 44.8 Å². The summed E-state index contributed by atoms with van der Waals surface area (Å²) in [6.07, 6.45) is 10.7. The Morgan fingerprint density at radius 2 is 1.91 bits per heavy atom. The first-order valence-corrected chi connectivity index (χ1v) is 14.4. The average molecular weight is 481 g/mol. The van der Waals surface area contributed by atoms with E-state index in [1.54, 1.807) is 0 Å². The molecule has 8 atom stereocenters. The van der Waals surface area contributed by atoms with Gasteiger partial charge in [-0.25, -0.2) is 12.8 Å². The molecule has 1 aromatic heterocycles. The fraction of sp³-hybridized carbons (Fsp3) is 0.840. The Balaban J connectivity index is 1.32. The van der Waals surface area contributed by atoms with Gasteiger partial charge in [0.1, 0.15) is 10.6 Å². The molecule has 6 nitrogen and oxygen atoms in total. The summed E-state index contributed by atoms with van der Waals surface area (Å²) in [4.78, 5) is 13.5. The highest BCUT2D eigenvalue weighted by Crippen LogP contribution is 2.66. The van der Waals surface area contributed by atoms with Crippen molar-refractivity contribution in [1.29, 1.82) is 0 Å². The number of sulfone groups is 1. The number of Topliss-reactive ketones (excluding diaryl/α,β-unsaturated/α-hetero) is 1. The first-order valence-electron chi connectivity index (χ1n) is 12.5. The van der Waals surface area contributed by atoms with Gasteiger partial charge in [0.25, 0.3) is 0 Å². The van der Waals surface area contributed by atoms with Crippen LogP contribution in [0.5, 0.6) is 0 Å². The molecule has 4 fully saturated rings. The maximum atomic E-state index is 16.5. The zero-order chi connectivity index (χ0) is 23.8. The fourth-order valence-electron chi connectivity index (χ4n) is 8.40. The fourth-order valence-corrected chi connectivity index (χ4v) is 8.95. The Kier molecular flexibility index (Phi) is 5.41. The predicted molar refractivity (Wildman–Crippen MR) is 122 cm³/mol. The van der Waals surface area contributed by atoms with Crippen molar-refractivity contribution in [2.75, 3.05) is 6.26 Å². The number of alkyl halides is 1. The third-order valence-electron chi connectivity index (χ3n) is 10.1. The summed E-state index contributed by atoms with van der Waals surface area (Å²) in [5.74, 6) is 0.684. The maximum Gasteiger partial charge on any atom is 0.178 e. The van der Waals surface area contributed by atoms with Gasteiger partial charge in [-0.3, -0.25) is 9.48 Å². The van der Waals surface area contributed by atoms with Crippen LogP contribution in [0.15, 0.2) is 17.3 Å². The van der Waals surface area contributed by atoms with Crippen LogP contribution in [0.25, 0.3) is 0 Å². The van der Waals surface area contributed by atoms with Gasteiger partial charge in [-0.15, -0.1) is 0 Å². The first-order chi connectivity index (χ1) is 15.3. The summed E-state index contributed by atoms with van der Waals surface area (Å²) in [6.45, 7) is 4.17. The van der Waals surface area contributed by atoms with Gasteiger partial charge < -0.3 is 5.11 Å². The van der Waals surface area contributed by atoms with Gasteiger partial charge in [-0.1, -0.05) is 6.92 Å². The lowest BCUT2D eigenvalue weighted by molar-refractivity contribution is -0.166. The van der Waals surface area contributed by atoms with Crippen molar-refractivity contribution in [2.24, 2.45) is 35.0 Å². The number of rotatable bonds is 4. The van der Waals surface area contributed by atoms with Gasteiger partial charge in [0, 0.05) is 18.4 Å². The van der Waals surface area contributed by atoms with Gasteiger partial charge in [-0.2, -0.15) is 5.10 Å². The van der Waals surface area contributed by atoms with Gasteiger partial charge in [0.2, 0.25) is 0 Å². The Hall–Kier alpha value is -1.28. The van der Waals surface area contributed by atoms with Crippen LogP contribution in [0.4, 0.5) is 4.39 Å². The Labute approximate surface area is 196 Å². The average Bonchev–Trinajstić information content (AvgIpc) is 3.32. The summed E-state index contributed by atoms with van der Waals surface area (Å²) >= 11 is 0. The van der Waals surface area contributed by atoms with Crippen LogP contribution >= 0.6 is 0 Å². The lowest BCUT2D eigenvalue weighted by Gasteiger charge is -2.59. The van der Waals surface area contributed by atoms with Crippen molar-refractivity contribution in [3.8, 4) is 0 Å². The van der Waals surface area contributed by atoms with Gasteiger partial charge in [0.05, 0.1) is 18.3 Å². The number of aromatic nitrogens is 2. The molecule has 5 rings (SSSR count). The Morgan fingerprint density at radius 1 is 1.15 bits per heavy atom. The van der Waals surface area contributed by atoms with Crippen molar-refractivity contribution >= 4 is 15.6 Å². The van der Waals surface area contributed by atoms with E-state index in [1.165, 1.54) is 17.1 Å². The standard InChI is InChI=1S/C25H37FN2O4S/c1-23(30)10-11-25(26)16(12-23)4-5-18-19-6-7-21(24(19,2)9-8-20(18)25)22(29)15-28-14-17(13-27-28)33(3,31)32/h13-14,16,18-21,30H,4-12,15H2,1-3H3/t16-,18+,19+,20+,21-,23-,24+,25-/m1/s1. The lowest BCUT2D eigenvalue weighted by Crippen LogP contribution is -2.58. The molecule has 0 spiro atoms. The molecule has 1 aromatic rings. The van der Waals surface area contributed by atoms with Gasteiger partial charge in [0.15, 0.2) is 15.6 Å². The molecule has 8 heteroatoms. The molecular formula is C25H37FN2O4S. The quantitative estimate of drug-likeness (QED) is 0.704. The normalized spacial score (nSPS) is 45.2. The molecule has 1 heterocycles. The predicted octanol–water partition coefficient (Wildman–Crippen LogP) is 3.97. The molecule has 0 amide bonds. The Morgan fingerprint density at radius 3 is 2.61 bits per heavy atom. The highest BCUT2D eigenvalue weighted by molar-refractivity contribution is 7.90. The van der Waals surface area contributed by atoms with E-state index in [0.29, 0.717) is 31.1 Å². The van der Waals surface area contributed by atoms with Crippen LogP contribution in [-0.2, 0) is 21.2 Å². The number of nitrogens with zero attached hydrogens (tertiary/aromatic N) is 2. The minimum Gasteiger partial charge on any atom is -0.390 e. The van der Waals surface area contributed by atoms with Crippen molar-refractivity contribution in [1.82, 2.24) is 9.78 Å². The van der Waals surface area contributed by atoms with Crippen molar-refractivity contribution in [3.63, 3.8) is 0 Å². The number of carbonyl (C=O) groups excluding carboxylic acids is 1. The monoisotopic (exact) mass is 480 g/mol. The number of aliphatic hydroxyl groups is 1. The number of halogens is 1. The van der Waals surface area contributed by atoms with E-state index in [9.17, 15) is 18.3 Å². The van der Waals surface area contributed by atoms with E-state index in [4.69, 9.17) is 0 Å². The van der Waals surface area contributed by atoms with Crippen LogP contribution in [0, 0.1) is 35.0 Å². The van der Waals surface area contributed by atoms with Crippen LogP contribution < -0.4 is 0 Å². The Bertz CT molecular complexity index is 1050. The highest BCUT2D eigenvalue weighted by Gasteiger charge is 2.63. The summed E-state index contributed by atoms with van der Waals surface area (Å²) in [5.41, 5.74) is -2.05. The summed E-state index contributed by atoms with van der Waals surface area (Å²) < 4.78 is 41.4. The molecule has 4 saturated carbocycles. The number of hydrogen-bond donors (Lipinski definition) is 1. The van der Waals surface area contributed by atoms with Crippen LogP contribution in [0.3, 0.4) is 0 Å². The molecule has 0 unspecified atom stereocenters. The molecule has 0 bridgehead atoms. The summed E-state index contributed by atoms with van der Waals surface area (Å²) in [7, 11) is -3.35. The second-order valence-electron chi connectivity index (χ2n) is 12.1. The zero-order valence-electron chi connectivity index (χ0n) is 20.0. The molecule has 4 aliphatic rings. The number of hydrogen-bond acceptors (Lipinski definition) is 5. The van der Waals surface area contributed by atoms with E-state index >= 15 is 4.39 Å². The molecule has 4 aliphatic carbocycles. The first kappa shape index (κ1) is 23.5. The second kappa shape index (κ2) is 7.61. The lowest BCUT2D eigenvalue weighted by atomic mass is 9.48. The second-order valence-corrected chi connectivity index (χ2v) is 14.1. The van der Waals surface area contributed by atoms with E-state index < -0.39 is 21.1 Å².